The molecule has 2 atom stereocenters. The summed E-state index contributed by atoms with van der Waals surface area (Å²) < 4.78 is 11.2. The Morgan fingerprint density at radius 2 is 2.04 bits per heavy atom. The summed E-state index contributed by atoms with van der Waals surface area (Å²) >= 11 is 0. The van der Waals surface area contributed by atoms with Crippen molar-refractivity contribution in [3.05, 3.63) is 52.9 Å². The normalized spacial score (nSPS) is 22.3. The zero-order valence-corrected chi connectivity index (χ0v) is 16.3. The summed E-state index contributed by atoms with van der Waals surface area (Å²) in [5, 5.41) is 4.00. The lowest BCUT2D eigenvalue weighted by atomic mass is 10.1. The van der Waals surface area contributed by atoms with E-state index in [4.69, 9.17) is 9.26 Å². The van der Waals surface area contributed by atoms with E-state index in [1.807, 2.05) is 42.2 Å². The van der Waals surface area contributed by atoms with Crippen LogP contribution in [0, 0.1) is 6.92 Å². The van der Waals surface area contributed by atoms with Crippen molar-refractivity contribution in [2.45, 2.75) is 45.4 Å². The Bertz CT molecular complexity index is 864. The number of ether oxygens (including phenoxy) is 1. The molecule has 148 valence electrons. The van der Waals surface area contributed by atoms with Gasteiger partial charge in [-0.2, -0.15) is 0 Å². The molecule has 0 unspecified atom stereocenters. The first-order valence-electron chi connectivity index (χ1n) is 9.78. The van der Waals surface area contributed by atoms with Crippen LogP contribution in [0.1, 0.15) is 40.7 Å². The summed E-state index contributed by atoms with van der Waals surface area (Å²) in [6, 6.07) is 9.78. The molecule has 0 radical (unpaired) electrons. The smallest absolute Gasteiger partial charge is 0.259 e. The molecule has 2 aliphatic rings. The van der Waals surface area contributed by atoms with Crippen LogP contribution in [0.4, 0.5) is 0 Å². The first-order chi connectivity index (χ1) is 13.6. The van der Waals surface area contributed by atoms with Gasteiger partial charge in [-0.1, -0.05) is 42.4 Å². The number of aromatic nitrogens is 1. The third-order valence-electron chi connectivity index (χ3n) is 5.57. The van der Waals surface area contributed by atoms with Crippen molar-refractivity contribution in [2.75, 3.05) is 19.7 Å². The van der Waals surface area contributed by atoms with Crippen LogP contribution >= 0.6 is 0 Å². The number of amides is 2. The molecule has 4 rings (SSSR count). The van der Waals surface area contributed by atoms with Crippen LogP contribution < -0.4 is 0 Å². The number of hydrogen-bond acceptors (Lipinski definition) is 5. The molecule has 2 aliphatic heterocycles. The van der Waals surface area contributed by atoms with E-state index in [-0.39, 0.29) is 24.0 Å². The van der Waals surface area contributed by atoms with Crippen molar-refractivity contribution in [2.24, 2.45) is 0 Å². The van der Waals surface area contributed by atoms with Gasteiger partial charge < -0.3 is 19.1 Å². The predicted molar refractivity (Wildman–Crippen MR) is 102 cm³/mol. The quantitative estimate of drug-likeness (QED) is 0.809. The van der Waals surface area contributed by atoms with Crippen LogP contribution in [0.25, 0.3) is 0 Å². The Balaban J connectivity index is 1.57. The van der Waals surface area contributed by atoms with Gasteiger partial charge in [0.1, 0.15) is 11.3 Å². The SMILES string of the molecule is CCc1noc(C)c1C(=O)N1C[C@@H]2OCCC(=O)N(Cc3ccccc3)[C@H]2C1. The van der Waals surface area contributed by atoms with Crippen LogP contribution in [0.3, 0.4) is 0 Å². The predicted octanol–water partition coefficient (Wildman–Crippen LogP) is 2.19. The van der Waals surface area contributed by atoms with E-state index in [1.165, 1.54) is 0 Å². The molecule has 3 heterocycles. The molecule has 2 saturated heterocycles. The lowest BCUT2D eigenvalue weighted by Gasteiger charge is -2.29. The highest BCUT2D eigenvalue weighted by Crippen LogP contribution is 2.27. The number of likely N-dealkylation sites (tertiary alicyclic amines) is 1. The fourth-order valence-corrected chi connectivity index (χ4v) is 4.09. The lowest BCUT2D eigenvalue weighted by Crippen LogP contribution is -2.45. The fraction of sp³-hybridized carbons (Fsp3) is 0.476. The summed E-state index contributed by atoms with van der Waals surface area (Å²) in [6.45, 7) is 5.55. The van der Waals surface area contributed by atoms with Gasteiger partial charge in [-0.05, 0) is 18.9 Å². The number of nitrogens with zero attached hydrogens (tertiary/aromatic N) is 3. The number of aryl methyl sites for hydroxylation is 2. The van der Waals surface area contributed by atoms with E-state index in [0.29, 0.717) is 56.1 Å². The molecule has 0 spiro atoms. The van der Waals surface area contributed by atoms with Crippen molar-refractivity contribution in [1.82, 2.24) is 15.0 Å². The highest BCUT2D eigenvalue weighted by molar-refractivity contribution is 5.96. The highest BCUT2D eigenvalue weighted by atomic mass is 16.5. The zero-order chi connectivity index (χ0) is 19.7. The van der Waals surface area contributed by atoms with Crippen molar-refractivity contribution in [3.8, 4) is 0 Å². The summed E-state index contributed by atoms with van der Waals surface area (Å²) in [7, 11) is 0. The minimum absolute atomic E-state index is 0.0704. The lowest BCUT2D eigenvalue weighted by molar-refractivity contribution is -0.133. The topological polar surface area (TPSA) is 75.9 Å². The molecule has 28 heavy (non-hydrogen) atoms. The largest absolute Gasteiger partial charge is 0.374 e. The zero-order valence-electron chi connectivity index (χ0n) is 16.3. The van der Waals surface area contributed by atoms with Crippen molar-refractivity contribution in [3.63, 3.8) is 0 Å². The molecule has 1 aromatic carbocycles. The number of benzene rings is 1. The van der Waals surface area contributed by atoms with E-state index in [1.54, 1.807) is 11.8 Å². The second kappa shape index (κ2) is 7.75. The van der Waals surface area contributed by atoms with Crippen LogP contribution in [-0.4, -0.2) is 58.6 Å². The van der Waals surface area contributed by atoms with Gasteiger partial charge in [0, 0.05) is 19.6 Å². The maximum atomic E-state index is 13.2. The monoisotopic (exact) mass is 383 g/mol. The standard InChI is InChI=1S/C21H25N3O4/c1-3-16-20(14(2)28-22-16)21(26)23-12-17-18(13-23)27-10-9-19(25)24(17)11-15-7-5-4-6-8-15/h4-8,17-18H,3,9-13H2,1-2H3/t17-,18-/m0/s1. The molecule has 2 fully saturated rings. The molecule has 2 amide bonds. The molecule has 0 aliphatic carbocycles. The molecular formula is C21H25N3O4. The number of hydrogen-bond donors (Lipinski definition) is 0. The van der Waals surface area contributed by atoms with E-state index in [9.17, 15) is 9.59 Å². The highest BCUT2D eigenvalue weighted by Gasteiger charge is 2.43. The summed E-state index contributed by atoms with van der Waals surface area (Å²) in [4.78, 5) is 29.5. The van der Waals surface area contributed by atoms with Gasteiger partial charge in [-0.25, -0.2) is 0 Å². The summed E-state index contributed by atoms with van der Waals surface area (Å²) in [5.41, 5.74) is 2.29. The second-order valence-corrected chi connectivity index (χ2v) is 7.36. The van der Waals surface area contributed by atoms with Crippen LogP contribution in [0.15, 0.2) is 34.9 Å². The number of carbonyl (C=O) groups excluding carboxylic acids is 2. The van der Waals surface area contributed by atoms with E-state index in [0.717, 1.165) is 5.56 Å². The van der Waals surface area contributed by atoms with Crippen LogP contribution in [0.2, 0.25) is 0 Å². The molecule has 1 aromatic heterocycles. The second-order valence-electron chi connectivity index (χ2n) is 7.36. The first-order valence-corrected chi connectivity index (χ1v) is 9.78. The van der Waals surface area contributed by atoms with Crippen LogP contribution in [0.5, 0.6) is 0 Å². The maximum Gasteiger partial charge on any atom is 0.259 e. The van der Waals surface area contributed by atoms with Gasteiger partial charge in [0.25, 0.3) is 5.91 Å². The number of carbonyl (C=O) groups is 2. The molecule has 0 N–H and O–H groups in total. The fourth-order valence-electron chi connectivity index (χ4n) is 4.09. The van der Waals surface area contributed by atoms with Crippen molar-refractivity contribution < 1.29 is 18.8 Å². The average molecular weight is 383 g/mol. The number of fused-ring (bicyclic) bond motifs is 1. The third kappa shape index (κ3) is 3.42. The minimum Gasteiger partial charge on any atom is -0.374 e. The van der Waals surface area contributed by atoms with Gasteiger partial charge in [0.05, 0.1) is 30.9 Å². The van der Waals surface area contributed by atoms with Crippen molar-refractivity contribution >= 4 is 11.8 Å². The van der Waals surface area contributed by atoms with E-state index >= 15 is 0 Å². The maximum absolute atomic E-state index is 13.2. The van der Waals surface area contributed by atoms with Gasteiger partial charge in [-0.15, -0.1) is 0 Å². The molecule has 0 saturated carbocycles. The molecule has 7 heteroatoms. The molecular weight excluding hydrogens is 358 g/mol. The Labute approximate surface area is 164 Å². The van der Waals surface area contributed by atoms with Gasteiger partial charge in [0.2, 0.25) is 5.91 Å². The number of rotatable bonds is 4. The third-order valence-corrected chi connectivity index (χ3v) is 5.57. The minimum atomic E-state index is -0.177. The Morgan fingerprint density at radius 1 is 1.25 bits per heavy atom. The van der Waals surface area contributed by atoms with Gasteiger partial charge >= 0.3 is 0 Å². The molecule has 7 nitrogen and oxygen atoms in total. The summed E-state index contributed by atoms with van der Waals surface area (Å²) in [6.07, 6.45) is 0.830. The Kier molecular flexibility index (Phi) is 5.17. The van der Waals surface area contributed by atoms with Gasteiger partial charge in [-0.3, -0.25) is 9.59 Å². The Morgan fingerprint density at radius 3 is 2.79 bits per heavy atom. The first kappa shape index (κ1) is 18.7. The molecule has 2 aromatic rings. The summed E-state index contributed by atoms with van der Waals surface area (Å²) in [5.74, 6) is 0.507. The van der Waals surface area contributed by atoms with Gasteiger partial charge in [0.15, 0.2) is 0 Å². The van der Waals surface area contributed by atoms with E-state index in [2.05, 4.69) is 5.16 Å². The molecule has 0 bridgehead atoms. The van der Waals surface area contributed by atoms with Crippen molar-refractivity contribution in [1.29, 1.82) is 0 Å². The van der Waals surface area contributed by atoms with E-state index < -0.39 is 0 Å². The Hall–Kier alpha value is -2.67. The van der Waals surface area contributed by atoms with Crippen LogP contribution in [-0.2, 0) is 22.5 Å². The average Bonchev–Trinajstić information content (AvgIpc) is 3.26.